The van der Waals surface area contributed by atoms with Gasteiger partial charge in [0.05, 0.1) is 6.26 Å². The van der Waals surface area contributed by atoms with Gasteiger partial charge < -0.3 is 5.32 Å². The summed E-state index contributed by atoms with van der Waals surface area (Å²) in [7, 11) is -3.16. The Balaban J connectivity index is 1.65. The van der Waals surface area contributed by atoms with Gasteiger partial charge in [-0.25, -0.2) is 8.42 Å². The predicted molar refractivity (Wildman–Crippen MR) is 99.1 cm³/mol. The van der Waals surface area contributed by atoms with E-state index >= 15 is 0 Å². The molecular formula is C19H28N2O3S. The highest BCUT2D eigenvalue weighted by molar-refractivity contribution is 7.88. The number of nitrogens with one attached hydrogen (secondary N) is 1. The van der Waals surface area contributed by atoms with Crippen molar-refractivity contribution in [2.75, 3.05) is 6.26 Å². The lowest BCUT2D eigenvalue weighted by atomic mass is 9.86. The summed E-state index contributed by atoms with van der Waals surface area (Å²) < 4.78 is 25.6. The molecule has 0 aromatic heterocycles. The molecule has 2 bridgehead atoms. The van der Waals surface area contributed by atoms with Crippen LogP contribution in [0.4, 0.5) is 0 Å². The van der Waals surface area contributed by atoms with Crippen LogP contribution in [0.15, 0.2) is 24.3 Å². The minimum Gasteiger partial charge on any atom is -0.349 e. The van der Waals surface area contributed by atoms with Gasteiger partial charge in [-0.05, 0) is 48.8 Å². The van der Waals surface area contributed by atoms with Crippen molar-refractivity contribution in [1.29, 1.82) is 0 Å². The number of rotatable bonds is 3. The van der Waals surface area contributed by atoms with E-state index in [1.54, 1.807) is 4.31 Å². The molecule has 2 atom stereocenters. The van der Waals surface area contributed by atoms with E-state index in [1.807, 2.05) is 24.3 Å². The van der Waals surface area contributed by atoms with Crippen LogP contribution in [0, 0.1) is 0 Å². The standard InChI is InChI=1S/C19H28N2O3S/c1-19(2,3)14-7-5-13(6-8-14)18(22)20-15-11-16-9-10-17(12-15)21(16)25(4,23)24/h5-8,15-17H,9-12H2,1-4H3,(H,20,22). The van der Waals surface area contributed by atoms with E-state index in [-0.39, 0.29) is 29.4 Å². The molecule has 0 spiro atoms. The Morgan fingerprint density at radius 2 is 1.60 bits per heavy atom. The number of hydrogen-bond acceptors (Lipinski definition) is 3. The van der Waals surface area contributed by atoms with Crippen LogP contribution in [0.5, 0.6) is 0 Å². The Bertz CT molecular complexity index is 736. The molecule has 2 aliphatic rings. The first-order chi connectivity index (χ1) is 11.6. The second-order valence-corrected chi connectivity index (χ2v) is 10.3. The van der Waals surface area contributed by atoms with Gasteiger partial charge >= 0.3 is 0 Å². The third-order valence-electron chi connectivity index (χ3n) is 5.40. The van der Waals surface area contributed by atoms with Crippen molar-refractivity contribution in [1.82, 2.24) is 9.62 Å². The Labute approximate surface area is 150 Å². The molecule has 25 heavy (non-hydrogen) atoms. The third-order valence-corrected chi connectivity index (χ3v) is 6.76. The highest BCUT2D eigenvalue weighted by Gasteiger charge is 2.45. The van der Waals surface area contributed by atoms with Gasteiger partial charge in [-0.2, -0.15) is 4.31 Å². The van der Waals surface area contributed by atoms with Crippen LogP contribution in [-0.4, -0.2) is 43.0 Å². The largest absolute Gasteiger partial charge is 0.349 e. The monoisotopic (exact) mass is 364 g/mol. The van der Waals surface area contributed by atoms with Gasteiger partial charge in [-0.15, -0.1) is 0 Å². The van der Waals surface area contributed by atoms with Crippen molar-refractivity contribution in [3.63, 3.8) is 0 Å². The lowest BCUT2D eigenvalue weighted by Crippen LogP contribution is -2.52. The Kier molecular flexibility index (Phi) is 4.71. The second-order valence-electron chi connectivity index (χ2n) is 8.45. The molecule has 6 heteroatoms. The molecule has 3 rings (SSSR count). The first kappa shape index (κ1) is 18.4. The maximum atomic E-state index is 12.5. The third kappa shape index (κ3) is 3.90. The molecule has 5 nitrogen and oxygen atoms in total. The topological polar surface area (TPSA) is 66.5 Å². The van der Waals surface area contributed by atoms with Crippen molar-refractivity contribution in [3.8, 4) is 0 Å². The van der Waals surface area contributed by atoms with E-state index in [1.165, 1.54) is 11.8 Å². The zero-order valence-corrected chi connectivity index (χ0v) is 16.3. The van der Waals surface area contributed by atoms with Gasteiger partial charge in [-0.3, -0.25) is 4.79 Å². The number of hydrogen-bond donors (Lipinski definition) is 1. The Hall–Kier alpha value is -1.40. The van der Waals surface area contributed by atoms with Crippen LogP contribution in [0.2, 0.25) is 0 Å². The summed E-state index contributed by atoms with van der Waals surface area (Å²) in [6.07, 6.45) is 4.48. The summed E-state index contributed by atoms with van der Waals surface area (Å²) in [5, 5.41) is 3.11. The van der Waals surface area contributed by atoms with Crippen LogP contribution >= 0.6 is 0 Å². The Morgan fingerprint density at radius 1 is 1.08 bits per heavy atom. The molecule has 1 aromatic carbocycles. The molecule has 2 fully saturated rings. The van der Waals surface area contributed by atoms with E-state index in [4.69, 9.17) is 0 Å². The van der Waals surface area contributed by atoms with Gasteiger partial charge in [-0.1, -0.05) is 32.9 Å². The molecule has 138 valence electrons. The number of piperidine rings is 1. The number of sulfonamides is 1. The van der Waals surface area contributed by atoms with Crippen LogP contribution < -0.4 is 5.32 Å². The fourth-order valence-electron chi connectivity index (χ4n) is 4.18. The van der Waals surface area contributed by atoms with Crippen molar-refractivity contribution < 1.29 is 13.2 Å². The Morgan fingerprint density at radius 3 is 2.04 bits per heavy atom. The van der Waals surface area contributed by atoms with Crippen LogP contribution in [-0.2, 0) is 15.4 Å². The van der Waals surface area contributed by atoms with Gasteiger partial charge in [0.25, 0.3) is 5.91 Å². The van der Waals surface area contributed by atoms with Crippen LogP contribution in [0.1, 0.15) is 62.4 Å². The first-order valence-electron chi connectivity index (χ1n) is 8.95. The minimum atomic E-state index is -3.16. The summed E-state index contributed by atoms with van der Waals surface area (Å²) in [6.45, 7) is 6.44. The lowest BCUT2D eigenvalue weighted by molar-refractivity contribution is 0.0909. The summed E-state index contributed by atoms with van der Waals surface area (Å²) in [4.78, 5) is 12.5. The quantitative estimate of drug-likeness (QED) is 0.897. The maximum Gasteiger partial charge on any atom is 0.251 e. The van der Waals surface area contributed by atoms with Crippen molar-refractivity contribution in [3.05, 3.63) is 35.4 Å². The van der Waals surface area contributed by atoms with Gasteiger partial charge in [0.2, 0.25) is 10.0 Å². The zero-order chi connectivity index (χ0) is 18.4. The summed E-state index contributed by atoms with van der Waals surface area (Å²) >= 11 is 0. The zero-order valence-electron chi connectivity index (χ0n) is 15.5. The fourth-order valence-corrected chi connectivity index (χ4v) is 5.65. The van der Waals surface area contributed by atoms with Crippen molar-refractivity contribution in [2.45, 2.75) is 70.0 Å². The molecule has 2 heterocycles. The number of fused-ring (bicyclic) bond motifs is 2. The molecule has 1 amide bonds. The second kappa shape index (κ2) is 6.40. The molecular weight excluding hydrogens is 336 g/mol. The fraction of sp³-hybridized carbons (Fsp3) is 0.632. The number of nitrogens with zero attached hydrogens (tertiary/aromatic N) is 1. The molecule has 1 N–H and O–H groups in total. The van der Waals surface area contributed by atoms with Crippen LogP contribution in [0.25, 0.3) is 0 Å². The molecule has 2 aliphatic heterocycles. The van der Waals surface area contributed by atoms with Gasteiger partial charge in [0, 0.05) is 23.7 Å². The van der Waals surface area contributed by atoms with E-state index < -0.39 is 10.0 Å². The normalized spacial score (nSPS) is 27.3. The van der Waals surface area contributed by atoms with Crippen molar-refractivity contribution >= 4 is 15.9 Å². The number of benzene rings is 1. The summed E-state index contributed by atoms with van der Waals surface area (Å²) in [5.74, 6) is -0.0716. The first-order valence-corrected chi connectivity index (χ1v) is 10.8. The molecule has 1 aromatic rings. The number of carbonyl (C=O) groups is 1. The average molecular weight is 365 g/mol. The minimum absolute atomic E-state index is 0.0299. The van der Waals surface area contributed by atoms with E-state index in [9.17, 15) is 13.2 Å². The van der Waals surface area contributed by atoms with E-state index in [2.05, 4.69) is 26.1 Å². The summed E-state index contributed by atoms with van der Waals surface area (Å²) in [5.41, 5.74) is 1.92. The number of amides is 1. The molecule has 0 radical (unpaired) electrons. The SMILES string of the molecule is CC(C)(C)c1ccc(C(=O)NC2CC3CCC(C2)N3S(C)(=O)=O)cc1. The smallest absolute Gasteiger partial charge is 0.251 e. The average Bonchev–Trinajstić information content (AvgIpc) is 2.79. The van der Waals surface area contributed by atoms with Crippen LogP contribution in [0.3, 0.4) is 0 Å². The van der Waals surface area contributed by atoms with E-state index in [0.717, 1.165) is 12.8 Å². The highest BCUT2D eigenvalue weighted by Crippen LogP contribution is 2.37. The lowest BCUT2D eigenvalue weighted by Gasteiger charge is -2.37. The molecule has 0 saturated carbocycles. The number of carbonyl (C=O) groups excluding carboxylic acids is 1. The van der Waals surface area contributed by atoms with Crippen molar-refractivity contribution in [2.24, 2.45) is 0 Å². The highest BCUT2D eigenvalue weighted by atomic mass is 32.2. The van der Waals surface area contributed by atoms with E-state index in [0.29, 0.717) is 18.4 Å². The predicted octanol–water partition coefficient (Wildman–Crippen LogP) is 2.67. The van der Waals surface area contributed by atoms with Gasteiger partial charge in [0.15, 0.2) is 0 Å². The molecule has 0 aliphatic carbocycles. The molecule has 2 saturated heterocycles. The molecule has 2 unspecified atom stereocenters. The summed E-state index contributed by atoms with van der Waals surface area (Å²) in [6, 6.07) is 7.86. The maximum absolute atomic E-state index is 12.5. The van der Waals surface area contributed by atoms with Gasteiger partial charge in [0.1, 0.15) is 0 Å².